The van der Waals surface area contributed by atoms with Crippen LogP contribution in [0, 0.1) is 7.14 Å². The molecule has 5 aromatic rings. The summed E-state index contributed by atoms with van der Waals surface area (Å²) >= 11 is 8.12. The zero-order chi connectivity index (χ0) is 58.9. The van der Waals surface area contributed by atoms with Crippen molar-refractivity contribution in [2.75, 3.05) is 0 Å². The molecule has 2 aromatic heterocycles. The van der Waals surface area contributed by atoms with Gasteiger partial charge in [-0.05, 0) is 129 Å². The Morgan fingerprint density at radius 1 is 0.262 bits per heavy atom. The van der Waals surface area contributed by atoms with Crippen LogP contribution in [0.5, 0.6) is 0 Å². The van der Waals surface area contributed by atoms with Gasteiger partial charge in [0.25, 0.3) is 0 Å². The lowest BCUT2D eigenvalue weighted by molar-refractivity contribution is 0.393. The molecule has 0 amide bonds. The Balaban J connectivity index is 1.19. The van der Waals surface area contributed by atoms with Crippen LogP contribution in [0.15, 0.2) is 24.3 Å². The van der Waals surface area contributed by atoms with Gasteiger partial charge in [-0.25, -0.2) is 0 Å². The average Bonchev–Trinajstić information content (AvgIpc) is 1.54. The van der Waals surface area contributed by atoms with Crippen molar-refractivity contribution in [2.45, 2.75) is 372 Å². The molecule has 2 aliphatic rings. The maximum absolute atomic E-state index is 5.30. The number of hydrogen-bond donors (Lipinski definition) is 0. The van der Waals surface area contributed by atoms with Gasteiger partial charge in [0, 0.05) is 29.1 Å². The third kappa shape index (κ3) is 20.4. The summed E-state index contributed by atoms with van der Waals surface area (Å²) in [6.45, 7) is 9.33. The Morgan fingerprint density at radius 3 is 0.690 bits per heavy atom. The van der Waals surface area contributed by atoms with Gasteiger partial charge >= 0.3 is 0 Å². The van der Waals surface area contributed by atoms with Gasteiger partial charge in [-0.1, -0.05) is 336 Å². The number of aromatic nitrogens is 4. The second kappa shape index (κ2) is 40.5. The maximum atomic E-state index is 5.30. The van der Waals surface area contributed by atoms with Gasteiger partial charge in [-0.15, -0.1) is 0 Å². The van der Waals surface area contributed by atoms with Crippen LogP contribution in [-0.2, 0) is 10.8 Å². The lowest BCUT2D eigenvalue weighted by Crippen LogP contribution is -2.27. The van der Waals surface area contributed by atoms with Crippen LogP contribution >= 0.6 is 68.6 Å². The highest BCUT2D eigenvalue weighted by Gasteiger charge is 2.49. The van der Waals surface area contributed by atoms with Gasteiger partial charge in [0.2, 0.25) is 0 Å². The number of hydrogen-bond acceptors (Lipinski definition) is 6. The first-order valence-electron chi connectivity index (χ1n) is 36.6. The largest absolute Gasteiger partial charge is 0.172 e. The van der Waals surface area contributed by atoms with E-state index in [-0.39, 0.29) is 10.8 Å². The highest BCUT2D eigenvalue weighted by atomic mass is 127. The molecule has 2 heterocycles. The molecule has 0 radical (unpaired) electrons. The fourth-order valence-corrected chi connectivity index (χ4v) is 18.4. The molecule has 8 heteroatoms. The Morgan fingerprint density at radius 2 is 0.464 bits per heavy atom. The molecule has 7 rings (SSSR count). The van der Waals surface area contributed by atoms with E-state index < -0.39 is 0 Å². The first-order valence-corrected chi connectivity index (χ1v) is 40.2. The Bertz CT molecular complexity index is 2350. The minimum Gasteiger partial charge on any atom is -0.172 e. The van der Waals surface area contributed by atoms with E-state index in [2.05, 4.69) is 97.1 Å². The Hall–Kier alpha value is -1.24. The second-order valence-electron chi connectivity index (χ2n) is 27.1. The van der Waals surface area contributed by atoms with Crippen molar-refractivity contribution in [3.8, 4) is 22.3 Å². The highest BCUT2D eigenvalue weighted by molar-refractivity contribution is 14.1. The monoisotopic (exact) mass is 1410 g/mol. The summed E-state index contributed by atoms with van der Waals surface area (Å²) in [5, 5.41) is 0. The second-order valence-corrected chi connectivity index (χ2v) is 30.5. The summed E-state index contributed by atoms with van der Waals surface area (Å²) in [4.78, 5) is 0. The van der Waals surface area contributed by atoms with Crippen LogP contribution in [0.1, 0.15) is 384 Å². The summed E-state index contributed by atoms with van der Waals surface area (Å²) in [6, 6.07) is 10.9. The van der Waals surface area contributed by atoms with E-state index in [0.717, 1.165) is 22.1 Å². The van der Waals surface area contributed by atoms with Gasteiger partial charge in [0.15, 0.2) is 0 Å². The number of nitrogens with zero attached hydrogens (tertiary/aromatic N) is 4. The third-order valence-corrected chi connectivity index (χ3v) is 23.3. The predicted molar refractivity (Wildman–Crippen MR) is 389 cm³/mol. The van der Waals surface area contributed by atoms with Gasteiger partial charge in [-0.2, -0.15) is 17.5 Å². The summed E-state index contributed by atoms with van der Waals surface area (Å²) in [5.41, 5.74) is 16.7. The molecule has 84 heavy (non-hydrogen) atoms. The molecule has 4 nitrogen and oxygen atoms in total. The fraction of sp³-hybridized carbons (Fsp3) is 0.763. The van der Waals surface area contributed by atoms with E-state index in [9.17, 15) is 0 Å². The predicted octanol–water partition coefficient (Wildman–Crippen LogP) is 27.8. The van der Waals surface area contributed by atoms with Gasteiger partial charge in [-0.3, -0.25) is 0 Å². The molecular weight excluding hydrogens is 1290 g/mol. The molecule has 0 spiro atoms. The maximum Gasteiger partial charge on any atom is 0.118 e. The molecule has 2 aliphatic carbocycles. The van der Waals surface area contributed by atoms with Crippen LogP contribution in [0.4, 0.5) is 0 Å². The van der Waals surface area contributed by atoms with Crippen molar-refractivity contribution in [1.82, 2.24) is 17.5 Å². The van der Waals surface area contributed by atoms with Crippen LogP contribution in [0.3, 0.4) is 0 Å². The van der Waals surface area contributed by atoms with Crippen molar-refractivity contribution in [2.24, 2.45) is 0 Å². The molecule has 470 valence electrons. The van der Waals surface area contributed by atoms with E-state index >= 15 is 0 Å². The van der Waals surface area contributed by atoms with E-state index in [1.54, 1.807) is 22.3 Å². The molecular formula is C76H120I2N4S2. The minimum absolute atomic E-state index is 0.0481. The summed E-state index contributed by atoms with van der Waals surface area (Å²) in [7, 11) is 0. The summed E-state index contributed by atoms with van der Waals surface area (Å²) in [5.74, 6) is 0. The topological polar surface area (TPSA) is 51.6 Å². The number of halogens is 2. The van der Waals surface area contributed by atoms with E-state index in [4.69, 9.17) is 17.5 Å². The lowest BCUT2D eigenvalue weighted by Gasteiger charge is -2.35. The smallest absolute Gasteiger partial charge is 0.118 e. The van der Waals surface area contributed by atoms with Crippen molar-refractivity contribution in [3.63, 3.8) is 0 Å². The zero-order valence-corrected chi connectivity index (χ0v) is 60.4. The van der Waals surface area contributed by atoms with E-state index in [1.165, 1.54) is 387 Å². The molecule has 0 aliphatic heterocycles. The number of benzene rings is 3. The molecule has 0 bridgehead atoms. The van der Waals surface area contributed by atoms with Crippen molar-refractivity contribution in [1.29, 1.82) is 0 Å². The summed E-state index contributed by atoms with van der Waals surface area (Å²) < 4.78 is 23.3. The van der Waals surface area contributed by atoms with Crippen LogP contribution < -0.4 is 0 Å². The summed E-state index contributed by atoms with van der Waals surface area (Å²) in [6.07, 6.45) is 71.4. The Labute approximate surface area is 551 Å². The first kappa shape index (κ1) is 70.2. The third-order valence-electron chi connectivity index (χ3n) is 20.6. The number of fused-ring (bicyclic) bond motifs is 10. The van der Waals surface area contributed by atoms with E-state index in [0.29, 0.717) is 0 Å². The number of unbranched alkanes of at least 4 members (excludes halogenated alkanes) is 44. The normalized spacial score (nSPS) is 13.9. The average molecular weight is 1410 g/mol. The molecule has 0 saturated heterocycles. The highest BCUT2D eigenvalue weighted by Crippen LogP contribution is 2.63. The van der Waals surface area contributed by atoms with Crippen molar-refractivity contribution >= 4 is 90.7 Å². The zero-order valence-electron chi connectivity index (χ0n) is 54.4. The standard InChI is InChI=1S/C76H120I2N4S2/c1-5-9-13-17-21-25-29-33-37-41-45-49-53-75(54-50-46-42-38-34-30-26-22-18-14-10-6-2)63-57-62-64(58-61(63)69-65(75)59-67(77)71-73(69)81-83-79-71)76(66-60-68(78)72-74(70(62)66)82-84-80-72,55-51-47-43-39-35-31-27-23-19-15-11-7-3)56-52-48-44-40-36-32-28-24-20-16-12-8-4/h57-60H,5-56H2,1-4H3. The molecule has 0 fully saturated rings. The molecule has 0 unspecified atom stereocenters. The van der Waals surface area contributed by atoms with Crippen LogP contribution in [0.2, 0.25) is 0 Å². The first-order chi connectivity index (χ1) is 41.5. The fourth-order valence-electron chi connectivity index (χ4n) is 15.6. The van der Waals surface area contributed by atoms with Gasteiger partial charge in [0.1, 0.15) is 22.1 Å². The van der Waals surface area contributed by atoms with Gasteiger partial charge in [0.05, 0.1) is 23.5 Å². The Kier molecular flexibility index (Phi) is 33.8. The molecule has 0 saturated carbocycles. The molecule has 0 N–H and O–H groups in total. The molecule has 3 aromatic carbocycles. The quantitative estimate of drug-likeness (QED) is 0.0288. The number of rotatable bonds is 52. The van der Waals surface area contributed by atoms with Crippen molar-refractivity contribution < 1.29 is 0 Å². The van der Waals surface area contributed by atoms with Crippen molar-refractivity contribution in [3.05, 3.63) is 53.7 Å². The van der Waals surface area contributed by atoms with Gasteiger partial charge < -0.3 is 0 Å². The minimum atomic E-state index is -0.0481. The van der Waals surface area contributed by atoms with Crippen LogP contribution in [-0.4, -0.2) is 17.5 Å². The van der Waals surface area contributed by atoms with E-state index in [1.807, 2.05) is 0 Å². The molecule has 0 atom stereocenters. The van der Waals surface area contributed by atoms with Crippen LogP contribution in [0.25, 0.3) is 44.3 Å². The SMILES string of the molecule is CCCCCCCCCCCCCCC1(CCCCCCCCCCCCCC)c2cc3c(cc2-c2c1cc(I)c1nsnc21)C(CCCCCCCCCCCCCC)(CCCCCCCCCCCCCC)c1cc(I)c2nsnc2c1-3. The lowest BCUT2D eigenvalue weighted by atomic mass is 9.68.